The third-order valence-corrected chi connectivity index (χ3v) is 4.50. The molecule has 0 aliphatic heterocycles. The van der Waals surface area contributed by atoms with Gasteiger partial charge in [-0.2, -0.15) is 4.98 Å². The molecule has 0 saturated heterocycles. The van der Waals surface area contributed by atoms with Crippen LogP contribution in [0.3, 0.4) is 0 Å². The molecule has 0 aliphatic rings. The third kappa shape index (κ3) is 5.79. The van der Waals surface area contributed by atoms with E-state index in [0.29, 0.717) is 29.8 Å². The van der Waals surface area contributed by atoms with Crippen LogP contribution >= 0.6 is 23.2 Å². The second kappa shape index (κ2) is 9.71. The maximum Gasteiger partial charge on any atom is 0.258 e. The van der Waals surface area contributed by atoms with E-state index in [1.165, 1.54) is 0 Å². The van der Waals surface area contributed by atoms with Gasteiger partial charge in [-0.25, -0.2) is 9.97 Å². The number of benzene rings is 1. The Bertz CT molecular complexity index is 1040. The fourth-order valence-corrected chi connectivity index (χ4v) is 3.14. The average Bonchev–Trinajstić information content (AvgIpc) is 2.66. The molecule has 0 spiro atoms. The molecule has 3 rings (SSSR count). The zero-order valence-electron chi connectivity index (χ0n) is 16.3. The van der Waals surface area contributed by atoms with Crippen LogP contribution in [0, 0.1) is 6.92 Å². The Morgan fingerprint density at radius 1 is 1.13 bits per heavy atom. The molecular weight excluding hydrogens is 427 g/mol. The van der Waals surface area contributed by atoms with Crippen LogP contribution in [0.2, 0.25) is 10.0 Å². The maximum atomic E-state index is 12.6. The molecule has 0 radical (unpaired) electrons. The van der Waals surface area contributed by atoms with Gasteiger partial charge in [0.25, 0.3) is 5.91 Å². The van der Waals surface area contributed by atoms with Crippen LogP contribution in [0.25, 0.3) is 0 Å². The summed E-state index contributed by atoms with van der Waals surface area (Å²) in [4.78, 5) is 25.5. The molecule has 8 nitrogen and oxygen atoms in total. The monoisotopic (exact) mass is 446 g/mol. The number of aliphatic hydroxyl groups is 1. The van der Waals surface area contributed by atoms with Crippen LogP contribution in [-0.4, -0.2) is 38.6 Å². The molecule has 2 aromatic heterocycles. The molecule has 0 aliphatic carbocycles. The van der Waals surface area contributed by atoms with Gasteiger partial charge in [0.1, 0.15) is 11.6 Å². The van der Waals surface area contributed by atoms with E-state index in [4.69, 9.17) is 23.2 Å². The Kier molecular flexibility index (Phi) is 7.04. The minimum absolute atomic E-state index is 0.201. The van der Waals surface area contributed by atoms with Crippen LogP contribution in [-0.2, 0) is 0 Å². The Hall–Kier alpha value is -2.94. The molecule has 10 heteroatoms. The van der Waals surface area contributed by atoms with Gasteiger partial charge < -0.3 is 21.1 Å². The number of pyridine rings is 1. The van der Waals surface area contributed by atoms with Gasteiger partial charge in [-0.15, -0.1) is 0 Å². The van der Waals surface area contributed by atoms with Gasteiger partial charge in [0.15, 0.2) is 0 Å². The summed E-state index contributed by atoms with van der Waals surface area (Å²) in [6, 6.07) is 9.93. The molecule has 0 fully saturated rings. The van der Waals surface area contributed by atoms with Crippen LogP contribution in [0.5, 0.6) is 0 Å². The largest absolute Gasteiger partial charge is 0.392 e. The lowest BCUT2D eigenvalue weighted by molar-refractivity contribution is 0.102. The topological polar surface area (TPSA) is 112 Å². The van der Waals surface area contributed by atoms with Crippen LogP contribution in [0.4, 0.5) is 23.3 Å². The third-order valence-electron chi connectivity index (χ3n) is 3.87. The first kappa shape index (κ1) is 21.8. The van der Waals surface area contributed by atoms with Crippen molar-refractivity contribution in [3.05, 3.63) is 63.9 Å². The van der Waals surface area contributed by atoms with Crippen LogP contribution in [0.15, 0.2) is 42.6 Å². The minimum atomic E-state index is -0.529. The predicted octanol–water partition coefficient (Wildman–Crippen LogP) is 4.28. The van der Waals surface area contributed by atoms with Crippen molar-refractivity contribution in [2.75, 3.05) is 22.5 Å². The van der Waals surface area contributed by atoms with Crippen LogP contribution in [0.1, 0.15) is 23.0 Å². The first-order valence-corrected chi connectivity index (χ1v) is 9.83. The summed E-state index contributed by atoms with van der Waals surface area (Å²) >= 11 is 12.2. The summed E-state index contributed by atoms with van der Waals surface area (Å²) in [5, 5.41) is 18.7. The first-order chi connectivity index (χ1) is 14.3. The zero-order valence-corrected chi connectivity index (χ0v) is 17.8. The zero-order chi connectivity index (χ0) is 21.7. The fourth-order valence-electron chi connectivity index (χ4n) is 2.57. The number of aromatic nitrogens is 3. The summed E-state index contributed by atoms with van der Waals surface area (Å²) in [5.74, 6) is 0.944. The van der Waals surface area contributed by atoms with Crippen molar-refractivity contribution in [2.45, 2.75) is 20.0 Å². The number of halogens is 2. The van der Waals surface area contributed by atoms with Gasteiger partial charge in [0.2, 0.25) is 5.95 Å². The van der Waals surface area contributed by atoms with Gasteiger partial charge in [0, 0.05) is 36.3 Å². The van der Waals surface area contributed by atoms with E-state index in [0.717, 1.165) is 5.69 Å². The molecule has 3 aromatic rings. The Morgan fingerprint density at radius 3 is 2.57 bits per heavy atom. The normalized spacial score (nSPS) is 11.6. The highest BCUT2D eigenvalue weighted by atomic mass is 35.5. The smallest absolute Gasteiger partial charge is 0.258 e. The van der Waals surface area contributed by atoms with Crippen molar-refractivity contribution in [3.8, 4) is 0 Å². The number of carbonyl (C=O) groups is 1. The number of aryl methyl sites for hydroxylation is 1. The van der Waals surface area contributed by atoms with Crippen molar-refractivity contribution in [2.24, 2.45) is 0 Å². The summed E-state index contributed by atoms with van der Waals surface area (Å²) in [5.41, 5.74) is 1.44. The SMILES string of the molecule is Cc1cc(Nc2cc(NC(=O)c3c(Cl)cccc3Cl)ccn2)nc(NCC(C)O)n1. The Morgan fingerprint density at radius 2 is 1.87 bits per heavy atom. The molecule has 1 amide bonds. The fraction of sp³-hybridized carbons (Fsp3) is 0.200. The van der Waals surface area contributed by atoms with Crippen molar-refractivity contribution < 1.29 is 9.90 Å². The lowest BCUT2D eigenvalue weighted by Crippen LogP contribution is -2.17. The molecule has 1 aromatic carbocycles. The summed E-state index contributed by atoms with van der Waals surface area (Å²) in [7, 11) is 0. The van der Waals surface area contributed by atoms with E-state index in [-0.39, 0.29) is 15.6 Å². The van der Waals surface area contributed by atoms with Gasteiger partial charge in [-0.05, 0) is 32.0 Å². The number of hydrogen-bond acceptors (Lipinski definition) is 7. The molecule has 0 bridgehead atoms. The molecular formula is C20H20Cl2N6O2. The minimum Gasteiger partial charge on any atom is -0.392 e. The maximum absolute atomic E-state index is 12.6. The van der Waals surface area contributed by atoms with Gasteiger partial charge >= 0.3 is 0 Å². The quantitative estimate of drug-likeness (QED) is 0.428. The molecule has 4 N–H and O–H groups in total. The Labute approximate surface area is 183 Å². The van der Waals surface area contributed by atoms with Crippen molar-refractivity contribution in [1.29, 1.82) is 0 Å². The second-order valence-corrected chi connectivity index (χ2v) is 7.37. The molecule has 30 heavy (non-hydrogen) atoms. The standard InChI is InChI=1S/C20H20Cl2N6O2/c1-11-8-17(28-20(25-11)24-10-12(2)29)27-16-9-13(6-7-23-16)26-19(30)18-14(21)4-3-5-15(18)22/h3-9,12,29H,10H2,1-2H3,(H3,23,24,25,26,27,28,30). The van der Waals surface area contributed by atoms with E-state index in [9.17, 15) is 9.90 Å². The highest BCUT2D eigenvalue weighted by Gasteiger charge is 2.15. The van der Waals surface area contributed by atoms with Crippen LogP contribution < -0.4 is 16.0 Å². The van der Waals surface area contributed by atoms with E-state index in [1.807, 2.05) is 6.92 Å². The number of nitrogens with zero attached hydrogens (tertiary/aromatic N) is 3. The van der Waals surface area contributed by atoms with E-state index in [2.05, 4.69) is 30.9 Å². The predicted molar refractivity (Wildman–Crippen MR) is 119 cm³/mol. The molecule has 2 heterocycles. The van der Waals surface area contributed by atoms with E-state index >= 15 is 0 Å². The number of amides is 1. The second-order valence-electron chi connectivity index (χ2n) is 6.55. The molecule has 1 unspecified atom stereocenters. The molecule has 156 valence electrons. The molecule has 1 atom stereocenters. The number of carbonyl (C=O) groups excluding carboxylic acids is 1. The number of nitrogens with one attached hydrogen (secondary N) is 3. The summed E-state index contributed by atoms with van der Waals surface area (Å²) < 4.78 is 0. The first-order valence-electron chi connectivity index (χ1n) is 9.08. The number of aliphatic hydroxyl groups excluding tert-OH is 1. The lowest BCUT2D eigenvalue weighted by Gasteiger charge is -2.12. The number of hydrogen-bond donors (Lipinski definition) is 4. The van der Waals surface area contributed by atoms with Gasteiger partial charge in [-0.3, -0.25) is 4.79 Å². The molecule has 0 saturated carbocycles. The number of rotatable bonds is 7. The highest BCUT2D eigenvalue weighted by molar-refractivity contribution is 6.40. The summed E-state index contributed by atoms with van der Waals surface area (Å²) in [6.45, 7) is 3.83. The van der Waals surface area contributed by atoms with Crippen molar-refractivity contribution in [1.82, 2.24) is 15.0 Å². The average molecular weight is 447 g/mol. The summed E-state index contributed by atoms with van der Waals surface area (Å²) in [6.07, 6.45) is 1.02. The Balaban J connectivity index is 1.75. The lowest BCUT2D eigenvalue weighted by atomic mass is 10.2. The number of anilines is 4. The van der Waals surface area contributed by atoms with E-state index < -0.39 is 12.0 Å². The highest BCUT2D eigenvalue weighted by Crippen LogP contribution is 2.26. The van der Waals surface area contributed by atoms with Gasteiger partial charge in [-0.1, -0.05) is 29.3 Å². The van der Waals surface area contributed by atoms with Crippen molar-refractivity contribution in [3.63, 3.8) is 0 Å². The van der Waals surface area contributed by atoms with E-state index in [1.54, 1.807) is 49.5 Å². The van der Waals surface area contributed by atoms with Crippen molar-refractivity contribution >= 4 is 52.4 Å². The van der Waals surface area contributed by atoms with Gasteiger partial charge in [0.05, 0.1) is 21.7 Å².